The van der Waals surface area contributed by atoms with Gasteiger partial charge in [-0.15, -0.1) is 0 Å². The van der Waals surface area contributed by atoms with Crippen molar-refractivity contribution in [3.63, 3.8) is 0 Å². The molecule has 3 rings (SSSR count). The highest BCUT2D eigenvalue weighted by molar-refractivity contribution is 7.92. The minimum Gasteiger partial charge on any atom is -0.354 e. The van der Waals surface area contributed by atoms with Gasteiger partial charge in [0, 0.05) is 29.6 Å². The molecule has 208 valence electrons. The van der Waals surface area contributed by atoms with Crippen molar-refractivity contribution >= 4 is 50.7 Å². The van der Waals surface area contributed by atoms with Crippen molar-refractivity contribution in [3.05, 3.63) is 99.5 Å². The molecule has 0 aliphatic rings. The maximum absolute atomic E-state index is 14.0. The Balaban J connectivity index is 2.06. The van der Waals surface area contributed by atoms with E-state index in [2.05, 4.69) is 5.32 Å². The minimum absolute atomic E-state index is 0.0165. The van der Waals surface area contributed by atoms with E-state index in [1.807, 2.05) is 44.2 Å². The highest BCUT2D eigenvalue weighted by atomic mass is 35.5. The lowest BCUT2D eigenvalue weighted by atomic mass is 10.0. The second-order valence-corrected chi connectivity index (χ2v) is 12.1. The molecule has 0 aliphatic carbocycles. The molecule has 0 spiro atoms. The maximum atomic E-state index is 14.0. The molecular formula is C29H33Cl2N3O4S. The molecule has 0 aliphatic heterocycles. The first kappa shape index (κ1) is 30.5. The lowest BCUT2D eigenvalue weighted by Gasteiger charge is -2.33. The number of carbonyl (C=O) groups excluding carboxylic acids is 2. The van der Waals surface area contributed by atoms with Crippen LogP contribution in [0.4, 0.5) is 5.69 Å². The van der Waals surface area contributed by atoms with Crippen LogP contribution in [0.15, 0.2) is 72.8 Å². The second kappa shape index (κ2) is 13.8. The van der Waals surface area contributed by atoms with Crippen molar-refractivity contribution in [2.24, 2.45) is 0 Å². The number of sulfonamides is 1. The summed E-state index contributed by atoms with van der Waals surface area (Å²) in [6, 6.07) is 20.2. The molecule has 1 atom stereocenters. The third kappa shape index (κ3) is 8.71. The van der Waals surface area contributed by atoms with Gasteiger partial charge in [-0.1, -0.05) is 84.2 Å². The summed E-state index contributed by atoms with van der Waals surface area (Å²) in [4.78, 5) is 28.9. The normalized spacial score (nSPS) is 12.0. The van der Waals surface area contributed by atoms with E-state index in [1.54, 1.807) is 42.5 Å². The Morgan fingerprint density at radius 1 is 0.974 bits per heavy atom. The number of carbonyl (C=O) groups is 2. The molecule has 0 unspecified atom stereocenters. The predicted octanol–water partition coefficient (Wildman–Crippen LogP) is 5.23. The minimum atomic E-state index is -3.82. The largest absolute Gasteiger partial charge is 0.354 e. The Morgan fingerprint density at radius 3 is 2.23 bits per heavy atom. The summed E-state index contributed by atoms with van der Waals surface area (Å²) >= 11 is 12.6. The highest BCUT2D eigenvalue weighted by Gasteiger charge is 2.33. The topological polar surface area (TPSA) is 86.8 Å². The van der Waals surface area contributed by atoms with Crippen LogP contribution in [0.3, 0.4) is 0 Å². The Bertz CT molecular complexity index is 1380. The second-order valence-electron chi connectivity index (χ2n) is 9.36. The van der Waals surface area contributed by atoms with Crippen LogP contribution in [0, 0.1) is 6.92 Å². The first-order chi connectivity index (χ1) is 18.5. The molecule has 2 amide bonds. The lowest BCUT2D eigenvalue weighted by molar-refractivity contribution is -0.140. The fraction of sp³-hybridized carbons (Fsp3) is 0.310. The SMILES string of the molecule is CCCNC(=O)[C@@H](Cc1ccccc1)N(Cc1ccc(Cl)cc1Cl)C(=O)CN(c1ccc(C)cc1)S(C)(=O)=O. The van der Waals surface area contributed by atoms with Gasteiger partial charge in [0.15, 0.2) is 0 Å². The van der Waals surface area contributed by atoms with Crippen LogP contribution >= 0.6 is 23.2 Å². The van der Waals surface area contributed by atoms with Crippen LogP contribution in [0.2, 0.25) is 10.0 Å². The molecule has 0 aromatic heterocycles. The van der Waals surface area contributed by atoms with Gasteiger partial charge in [0.2, 0.25) is 21.8 Å². The molecule has 7 nitrogen and oxygen atoms in total. The number of aryl methyl sites for hydroxylation is 1. The average Bonchev–Trinajstić information content (AvgIpc) is 2.89. The van der Waals surface area contributed by atoms with Gasteiger partial charge in [0.1, 0.15) is 12.6 Å². The first-order valence-corrected chi connectivity index (χ1v) is 15.2. The zero-order valence-electron chi connectivity index (χ0n) is 22.2. The van der Waals surface area contributed by atoms with E-state index in [0.717, 1.165) is 28.1 Å². The summed E-state index contributed by atoms with van der Waals surface area (Å²) in [6.45, 7) is 3.76. The van der Waals surface area contributed by atoms with Crippen LogP contribution in [0.1, 0.15) is 30.0 Å². The van der Waals surface area contributed by atoms with Crippen molar-refractivity contribution in [3.8, 4) is 0 Å². The van der Waals surface area contributed by atoms with E-state index in [-0.39, 0.29) is 18.9 Å². The molecule has 0 saturated heterocycles. The Labute approximate surface area is 240 Å². The molecule has 0 bridgehead atoms. The molecule has 0 heterocycles. The predicted molar refractivity (Wildman–Crippen MR) is 158 cm³/mol. The average molecular weight is 591 g/mol. The summed E-state index contributed by atoms with van der Waals surface area (Å²) in [5.74, 6) is -0.875. The molecule has 39 heavy (non-hydrogen) atoms. The van der Waals surface area contributed by atoms with Crippen molar-refractivity contribution in [2.75, 3.05) is 23.7 Å². The number of halogens is 2. The van der Waals surface area contributed by atoms with Gasteiger partial charge < -0.3 is 10.2 Å². The van der Waals surface area contributed by atoms with Crippen LogP contribution in [-0.2, 0) is 32.6 Å². The van der Waals surface area contributed by atoms with Crippen molar-refractivity contribution in [1.82, 2.24) is 10.2 Å². The number of hydrogen-bond donors (Lipinski definition) is 1. The van der Waals surface area contributed by atoms with E-state index >= 15 is 0 Å². The van der Waals surface area contributed by atoms with Crippen molar-refractivity contribution in [2.45, 2.75) is 39.3 Å². The Morgan fingerprint density at radius 2 is 1.64 bits per heavy atom. The molecule has 0 saturated carbocycles. The molecule has 0 fully saturated rings. The van der Waals surface area contributed by atoms with Crippen LogP contribution in [-0.4, -0.2) is 50.5 Å². The first-order valence-electron chi connectivity index (χ1n) is 12.6. The number of nitrogens with one attached hydrogen (secondary N) is 1. The molecule has 3 aromatic rings. The summed E-state index contributed by atoms with van der Waals surface area (Å²) in [5, 5.41) is 3.68. The molecular weight excluding hydrogens is 557 g/mol. The maximum Gasteiger partial charge on any atom is 0.244 e. The van der Waals surface area contributed by atoms with Gasteiger partial charge in [0.05, 0.1) is 11.9 Å². The Kier molecular flexibility index (Phi) is 10.8. The van der Waals surface area contributed by atoms with Gasteiger partial charge in [-0.05, 0) is 48.7 Å². The number of amides is 2. The van der Waals surface area contributed by atoms with E-state index in [9.17, 15) is 18.0 Å². The quantitative estimate of drug-likeness (QED) is 0.313. The smallest absolute Gasteiger partial charge is 0.244 e. The standard InChI is InChI=1S/C29H33Cl2N3O4S/c1-4-16-32-29(36)27(17-22-8-6-5-7-9-22)33(19-23-12-13-24(30)18-26(23)31)28(35)20-34(39(3,37)38)25-14-10-21(2)11-15-25/h5-15,18,27H,4,16-17,19-20H2,1-3H3,(H,32,36)/t27-/m1/s1. The molecule has 3 aromatic carbocycles. The fourth-order valence-corrected chi connectivity index (χ4v) is 5.40. The van der Waals surface area contributed by atoms with Gasteiger partial charge in [-0.2, -0.15) is 0 Å². The number of nitrogens with zero attached hydrogens (tertiary/aromatic N) is 2. The Hall–Kier alpha value is -3.07. The zero-order valence-corrected chi connectivity index (χ0v) is 24.6. The highest BCUT2D eigenvalue weighted by Crippen LogP contribution is 2.25. The van der Waals surface area contributed by atoms with Gasteiger partial charge >= 0.3 is 0 Å². The van der Waals surface area contributed by atoms with E-state index in [4.69, 9.17) is 23.2 Å². The fourth-order valence-electron chi connectivity index (χ4n) is 4.08. The summed E-state index contributed by atoms with van der Waals surface area (Å²) in [6.07, 6.45) is 2.00. The lowest BCUT2D eigenvalue weighted by Crippen LogP contribution is -2.53. The molecule has 1 N–H and O–H groups in total. The van der Waals surface area contributed by atoms with Crippen LogP contribution in [0.5, 0.6) is 0 Å². The van der Waals surface area contributed by atoms with Crippen molar-refractivity contribution < 1.29 is 18.0 Å². The summed E-state index contributed by atoms with van der Waals surface area (Å²) in [7, 11) is -3.82. The zero-order chi connectivity index (χ0) is 28.6. The van der Waals surface area contributed by atoms with Crippen LogP contribution < -0.4 is 9.62 Å². The third-order valence-electron chi connectivity index (χ3n) is 6.18. The van der Waals surface area contributed by atoms with E-state index in [0.29, 0.717) is 27.8 Å². The monoisotopic (exact) mass is 589 g/mol. The number of anilines is 1. The summed E-state index contributed by atoms with van der Waals surface area (Å²) < 4.78 is 26.7. The van der Waals surface area contributed by atoms with Crippen LogP contribution in [0.25, 0.3) is 0 Å². The molecule has 10 heteroatoms. The van der Waals surface area contributed by atoms with Crippen molar-refractivity contribution in [1.29, 1.82) is 0 Å². The van der Waals surface area contributed by atoms with Gasteiger partial charge in [-0.3, -0.25) is 13.9 Å². The molecule has 0 radical (unpaired) electrons. The van der Waals surface area contributed by atoms with E-state index in [1.165, 1.54) is 4.90 Å². The number of benzene rings is 3. The van der Waals surface area contributed by atoms with E-state index < -0.39 is 28.5 Å². The van der Waals surface area contributed by atoms with Gasteiger partial charge in [-0.25, -0.2) is 8.42 Å². The summed E-state index contributed by atoms with van der Waals surface area (Å²) in [5.41, 5.74) is 2.74. The number of hydrogen-bond acceptors (Lipinski definition) is 4. The van der Waals surface area contributed by atoms with Gasteiger partial charge in [0.25, 0.3) is 0 Å². The number of rotatable bonds is 12. The third-order valence-corrected chi connectivity index (χ3v) is 7.90.